The van der Waals surface area contributed by atoms with Crippen molar-refractivity contribution in [3.05, 3.63) is 28.2 Å². The van der Waals surface area contributed by atoms with E-state index in [1.54, 1.807) is 18.2 Å². The summed E-state index contributed by atoms with van der Waals surface area (Å²) in [6, 6.07) is 4.91. The van der Waals surface area contributed by atoms with Gasteiger partial charge in [-0.15, -0.1) is 0 Å². The lowest BCUT2D eigenvalue weighted by Crippen LogP contribution is -2.29. The lowest BCUT2D eigenvalue weighted by molar-refractivity contribution is -0.124. The highest BCUT2D eigenvalue weighted by molar-refractivity contribution is 9.10. The van der Waals surface area contributed by atoms with E-state index in [-0.39, 0.29) is 18.1 Å². The van der Waals surface area contributed by atoms with E-state index in [1.165, 1.54) is 0 Å². The van der Waals surface area contributed by atoms with E-state index in [4.69, 9.17) is 10.5 Å². The first kappa shape index (κ1) is 17.5. The molecule has 1 aromatic rings. The van der Waals surface area contributed by atoms with Gasteiger partial charge < -0.3 is 15.8 Å². The van der Waals surface area contributed by atoms with Gasteiger partial charge in [-0.3, -0.25) is 4.79 Å². The summed E-state index contributed by atoms with van der Waals surface area (Å²) in [7, 11) is 0. The normalized spacial score (nSPS) is 10.2. The smallest absolute Gasteiger partial charge is 0.340 e. The first-order chi connectivity index (χ1) is 10.0. The predicted octanol–water partition coefficient (Wildman–Crippen LogP) is 2.88. The maximum Gasteiger partial charge on any atom is 0.340 e. The summed E-state index contributed by atoms with van der Waals surface area (Å²) in [6.07, 6.45) is 4.34. The molecular formula is C15H21BrN2O3. The van der Waals surface area contributed by atoms with Crippen LogP contribution in [0.3, 0.4) is 0 Å². The summed E-state index contributed by atoms with van der Waals surface area (Å²) in [5.41, 5.74) is 6.27. The van der Waals surface area contributed by atoms with Crippen LogP contribution in [0.4, 0.5) is 5.69 Å². The zero-order valence-corrected chi connectivity index (χ0v) is 13.7. The molecule has 0 fully saturated rings. The van der Waals surface area contributed by atoms with E-state index in [0.717, 1.165) is 30.2 Å². The Labute approximate surface area is 133 Å². The van der Waals surface area contributed by atoms with Crippen LogP contribution in [-0.2, 0) is 9.53 Å². The number of nitrogen functional groups attached to an aromatic ring is 1. The maximum atomic E-state index is 11.8. The van der Waals surface area contributed by atoms with Crippen LogP contribution in [0.25, 0.3) is 0 Å². The second-order valence-corrected chi connectivity index (χ2v) is 5.63. The molecule has 0 unspecified atom stereocenters. The molecule has 3 N–H and O–H groups in total. The summed E-state index contributed by atoms with van der Waals surface area (Å²) in [4.78, 5) is 23.4. The number of hydrogen-bond donors (Lipinski definition) is 2. The Hall–Kier alpha value is -1.56. The number of amides is 1. The minimum Gasteiger partial charge on any atom is -0.452 e. The van der Waals surface area contributed by atoms with Crippen molar-refractivity contribution in [3.63, 3.8) is 0 Å². The van der Waals surface area contributed by atoms with Crippen LogP contribution in [0.15, 0.2) is 22.7 Å². The van der Waals surface area contributed by atoms with E-state index in [0.29, 0.717) is 12.2 Å². The van der Waals surface area contributed by atoms with Gasteiger partial charge in [-0.2, -0.15) is 0 Å². The van der Waals surface area contributed by atoms with Gasteiger partial charge in [-0.05, 0) is 24.6 Å². The van der Waals surface area contributed by atoms with Gasteiger partial charge in [0.25, 0.3) is 5.91 Å². The number of nitrogens with one attached hydrogen (secondary N) is 1. The van der Waals surface area contributed by atoms with Crippen LogP contribution in [0.2, 0.25) is 0 Å². The van der Waals surface area contributed by atoms with Gasteiger partial charge in [0, 0.05) is 16.7 Å². The number of ether oxygens (including phenoxy) is 1. The first-order valence-electron chi connectivity index (χ1n) is 7.03. The number of esters is 1. The fourth-order valence-electron chi connectivity index (χ4n) is 1.74. The molecule has 1 aromatic carbocycles. The Morgan fingerprint density at radius 3 is 2.76 bits per heavy atom. The summed E-state index contributed by atoms with van der Waals surface area (Å²) < 4.78 is 5.68. The Morgan fingerprint density at radius 1 is 1.29 bits per heavy atom. The van der Waals surface area contributed by atoms with Gasteiger partial charge in [0.05, 0.1) is 5.56 Å². The lowest BCUT2D eigenvalue weighted by Gasteiger charge is -2.08. The molecule has 116 valence electrons. The number of nitrogens with two attached hydrogens (primary N) is 1. The Morgan fingerprint density at radius 2 is 2.05 bits per heavy atom. The standard InChI is InChI=1S/C15H21BrN2O3/c1-2-3-4-5-8-18-14(19)10-21-15(20)12-9-11(16)6-7-13(12)17/h6-7,9H,2-5,8,10,17H2,1H3,(H,18,19). The molecule has 5 nitrogen and oxygen atoms in total. The van der Waals surface area contributed by atoms with Gasteiger partial charge in [-0.1, -0.05) is 42.1 Å². The second-order valence-electron chi connectivity index (χ2n) is 4.72. The molecule has 0 spiro atoms. The molecule has 0 aromatic heterocycles. The number of rotatable bonds is 8. The van der Waals surface area contributed by atoms with Crippen LogP contribution in [0, 0.1) is 0 Å². The number of unbranched alkanes of at least 4 members (excludes halogenated alkanes) is 3. The van der Waals surface area contributed by atoms with E-state index < -0.39 is 5.97 Å². The second kappa shape index (κ2) is 9.39. The molecule has 0 atom stereocenters. The minimum absolute atomic E-state index is 0.250. The molecule has 1 amide bonds. The molecule has 0 radical (unpaired) electrons. The summed E-state index contributed by atoms with van der Waals surface area (Å²) >= 11 is 3.26. The summed E-state index contributed by atoms with van der Waals surface area (Å²) in [6.45, 7) is 2.44. The molecule has 1 rings (SSSR count). The molecule has 0 aliphatic rings. The maximum absolute atomic E-state index is 11.8. The van der Waals surface area contributed by atoms with Gasteiger partial charge >= 0.3 is 5.97 Å². The van der Waals surface area contributed by atoms with Crippen molar-refractivity contribution in [1.29, 1.82) is 0 Å². The number of carbonyl (C=O) groups is 2. The fourth-order valence-corrected chi connectivity index (χ4v) is 2.11. The fraction of sp³-hybridized carbons (Fsp3) is 0.467. The van der Waals surface area contributed by atoms with Crippen LogP contribution < -0.4 is 11.1 Å². The Bertz CT molecular complexity index is 492. The number of benzene rings is 1. The van der Waals surface area contributed by atoms with E-state index in [1.807, 2.05) is 0 Å². The van der Waals surface area contributed by atoms with E-state index >= 15 is 0 Å². The van der Waals surface area contributed by atoms with Crippen LogP contribution in [0.5, 0.6) is 0 Å². The highest BCUT2D eigenvalue weighted by Gasteiger charge is 2.13. The zero-order chi connectivity index (χ0) is 15.7. The van der Waals surface area contributed by atoms with Gasteiger partial charge in [0.2, 0.25) is 0 Å². The zero-order valence-electron chi connectivity index (χ0n) is 12.2. The highest BCUT2D eigenvalue weighted by Crippen LogP contribution is 2.19. The summed E-state index contributed by atoms with van der Waals surface area (Å²) in [5.74, 6) is -0.900. The average Bonchev–Trinajstić information content (AvgIpc) is 2.47. The third-order valence-corrected chi connectivity index (χ3v) is 3.42. The SMILES string of the molecule is CCCCCCNC(=O)COC(=O)c1cc(Br)ccc1N. The van der Waals surface area contributed by atoms with Crippen LogP contribution in [-0.4, -0.2) is 25.0 Å². The molecule has 0 heterocycles. The number of halogens is 1. The topological polar surface area (TPSA) is 81.4 Å². The van der Waals surface area contributed by atoms with Crippen molar-refractivity contribution in [2.24, 2.45) is 0 Å². The van der Waals surface area contributed by atoms with E-state index in [9.17, 15) is 9.59 Å². The van der Waals surface area contributed by atoms with Gasteiger partial charge in [-0.25, -0.2) is 4.79 Å². The molecule has 0 aliphatic carbocycles. The summed E-state index contributed by atoms with van der Waals surface area (Å²) in [5, 5.41) is 2.72. The number of hydrogen-bond acceptors (Lipinski definition) is 4. The Kier molecular flexibility index (Phi) is 7.82. The first-order valence-corrected chi connectivity index (χ1v) is 7.82. The largest absolute Gasteiger partial charge is 0.452 e. The van der Waals surface area contributed by atoms with Crippen molar-refractivity contribution in [3.8, 4) is 0 Å². The van der Waals surface area contributed by atoms with Crippen molar-refractivity contribution in [2.45, 2.75) is 32.6 Å². The van der Waals surface area contributed by atoms with Crippen molar-refractivity contribution < 1.29 is 14.3 Å². The third kappa shape index (κ3) is 6.62. The van der Waals surface area contributed by atoms with Crippen molar-refractivity contribution >= 4 is 33.5 Å². The molecular weight excluding hydrogens is 336 g/mol. The number of anilines is 1. The Balaban J connectivity index is 2.32. The van der Waals surface area contributed by atoms with Crippen LogP contribution >= 0.6 is 15.9 Å². The monoisotopic (exact) mass is 356 g/mol. The van der Waals surface area contributed by atoms with Crippen molar-refractivity contribution in [1.82, 2.24) is 5.32 Å². The van der Waals surface area contributed by atoms with Gasteiger partial charge in [0.1, 0.15) is 0 Å². The molecule has 0 aliphatic heterocycles. The third-order valence-electron chi connectivity index (χ3n) is 2.92. The number of carbonyl (C=O) groups excluding carboxylic acids is 2. The highest BCUT2D eigenvalue weighted by atomic mass is 79.9. The van der Waals surface area contributed by atoms with Crippen molar-refractivity contribution in [2.75, 3.05) is 18.9 Å². The molecule has 0 saturated heterocycles. The van der Waals surface area contributed by atoms with E-state index in [2.05, 4.69) is 28.2 Å². The molecule has 21 heavy (non-hydrogen) atoms. The average molecular weight is 357 g/mol. The lowest BCUT2D eigenvalue weighted by atomic mass is 10.2. The molecule has 6 heteroatoms. The van der Waals surface area contributed by atoms with Gasteiger partial charge in [0.15, 0.2) is 6.61 Å². The van der Waals surface area contributed by atoms with Crippen LogP contribution in [0.1, 0.15) is 43.0 Å². The quantitative estimate of drug-likeness (QED) is 0.426. The minimum atomic E-state index is -0.602. The molecule has 0 saturated carbocycles. The molecule has 0 bridgehead atoms. The predicted molar refractivity (Wildman–Crippen MR) is 86.0 cm³/mol.